The number of rotatable bonds is 8. The van der Waals surface area contributed by atoms with Gasteiger partial charge in [0.15, 0.2) is 5.65 Å². The molecule has 1 aromatic carbocycles. The van der Waals surface area contributed by atoms with Gasteiger partial charge < -0.3 is 15.5 Å². The number of aromatic nitrogens is 4. The van der Waals surface area contributed by atoms with Gasteiger partial charge in [-0.1, -0.05) is 12.1 Å². The van der Waals surface area contributed by atoms with Gasteiger partial charge in [0.25, 0.3) is 5.91 Å². The third-order valence-corrected chi connectivity index (χ3v) is 5.08. The van der Waals surface area contributed by atoms with Crippen LogP contribution in [0, 0.1) is 0 Å². The molecule has 0 saturated heterocycles. The van der Waals surface area contributed by atoms with Crippen LogP contribution in [0.15, 0.2) is 55.1 Å². The lowest BCUT2D eigenvalue weighted by atomic mass is 10.1. The molecule has 0 fully saturated rings. The number of nitrogens with one attached hydrogen (secondary N) is 1. The quantitative estimate of drug-likeness (QED) is 0.346. The van der Waals surface area contributed by atoms with Crippen LogP contribution in [-0.4, -0.2) is 54.0 Å². The molecular weight excluding hydrogens is 426 g/mol. The number of pyridine rings is 2. The molecule has 3 aromatic heterocycles. The molecule has 3 heterocycles. The van der Waals surface area contributed by atoms with Crippen LogP contribution in [0.4, 0.5) is 0 Å². The first-order valence-corrected chi connectivity index (χ1v) is 10.1. The van der Waals surface area contributed by atoms with E-state index in [9.17, 15) is 19.5 Å². The van der Waals surface area contributed by atoms with E-state index >= 15 is 0 Å². The highest BCUT2D eigenvalue weighted by molar-refractivity contribution is 5.96. The molecule has 0 radical (unpaired) electrons. The van der Waals surface area contributed by atoms with Crippen LogP contribution in [0.5, 0.6) is 0 Å². The minimum atomic E-state index is -1.28. The molecule has 0 aliphatic rings. The molecule has 4 aromatic rings. The normalized spacial score (nSPS) is 11.9. The Morgan fingerprint density at radius 3 is 2.48 bits per heavy atom. The predicted octanol–water partition coefficient (Wildman–Crippen LogP) is 2.21. The molecule has 1 atom stereocenters. The van der Waals surface area contributed by atoms with Gasteiger partial charge in [0.1, 0.15) is 12.4 Å². The van der Waals surface area contributed by atoms with Gasteiger partial charge in [0.05, 0.1) is 5.52 Å². The van der Waals surface area contributed by atoms with Crippen molar-refractivity contribution in [1.82, 2.24) is 25.3 Å². The Bertz CT molecular complexity index is 1360. The van der Waals surface area contributed by atoms with Crippen molar-refractivity contribution in [2.24, 2.45) is 0 Å². The number of amides is 1. The number of fused-ring (bicyclic) bond motifs is 2. The average molecular weight is 445 g/mol. The first kappa shape index (κ1) is 21.8. The van der Waals surface area contributed by atoms with E-state index in [4.69, 9.17) is 5.11 Å². The topological polar surface area (TPSA) is 155 Å². The second-order valence-corrected chi connectivity index (χ2v) is 7.46. The molecular formula is C23H19N5O5. The van der Waals surface area contributed by atoms with Crippen LogP contribution in [0.3, 0.4) is 0 Å². The Balaban J connectivity index is 1.46. The van der Waals surface area contributed by atoms with E-state index in [2.05, 4.69) is 25.3 Å². The molecule has 4 rings (SSSR count). The monoisotopic (exact) mass is 445 g/mol. The summed E-state index contributed by atoms with van der Waals surface area (Å²) in [6.07, 6.45) is 4.85. The summed E-state index contributed by atoms with van der Waals surface area (Å²) in [6, 6.07) is 9.24. The first-order valence-electron chi connectivity index (χ1n) is 10.1. The second kappa shape index (κ2) is 9.35. The van der Waals surface area contributed by atoms with Gasteiger partial charge in [-0.2, -0.15) is 0 Å². The average Bonchev–Trinajstić information content (AvgIpc) is 2.80. The molecule has 0 unspecified atom stereocenters. The summed E-state index contributed by atoms with van der Waals surface area (Å²) >= 11 is 0. The molecule has 0 aliphatic heterocycles. The van der Waals surface area contributed by atoms with E-state index in [1.807, 2.05) is 12.1 Å². The predicted molar refractivity (Wildman–Crippen MR) is 118 cm³/mol. The Kier molecular flexibility index (Phi) is 6.16. The summed E-state index contributed by atoms with van der Waals surface area (Å²) in [5, 5.41) is 22.0. The highest BCUT2D eigenvalue weighted by atomic mass is 16.4. The Hall–Kier alpha value is -4.47. The van der Waals surface area contributed by atoms with Gasteiger partial charge >= 0.3 is 11.9 Å². The number of nitrogens with zero attached hydrogens (tertiary/aromatic N) is 4. The summed E-state index contributed by atoms with van der Waals surface area (Å²) < 4.78 is 0. The van der Waals surface area contributed by atoms with E-state index in [0.29, 0.717) is 12.1 Å². The van der Waals surface area contributed by atoms with Gasteiger partial charge in [-0.25, -0.2) is 19.7 Å². The number of carbonyl (C=O) groups excluding carboxylic acids is 1. The van der Waals surface area contributed by atoms with E-state index in [1.165, 1.54) is 6.33 Å². The third kappa shape index (κ3) is 5.24. The molecule has 1 amide bonds. The number of benzene rings is 1. The van der Waals surface area contributed by atoms with Crippen molar-refractivity contribution in [3.8, 4) is 0 Å². The van der Waals surface area contributed by atoms with E-state index in [0.717, 1.165) is 27.5 Å². The Morgan fingerprint density at radius 1 is 0.970 bits per heavy atom. The van der Waals surface area contributed by atoms with Crippen molar-refractivity contribution in [3.63, 3.8) is 0 Å². The van der Waals surface area contributed by atoms with Crippen LogP contribution < -0.4 is 5.32 Å². The minimum Gasteiger partial charge on any atom is -0.481 e. The minimum absolute atomic E-state index is 0.197. The van der Waals surface area contributed by atoms with Crippen molar-refractivity contribution < 1.29 is 24.6 Å². The number of carboxylic acid groups (broad SMARTS) is 2. The zero-order valence-corrected chi connectivity index (χ0v) is 17.3. The molecule has 10 nitrogen and oxygen atoms in total. The van der Waals surface area contributed by atoms with Crippen molar-refractivity contribution in [2.45, 2.75) is 25.3 Å². The first-order chi connectivity index (χ1) is 15.9. The van der Waals surface area contributed by atoms with E-state index < -0.39 is 23.9 Å². The maximum Gasteiger partial charge on any atom is 0.326 e. The van der Waals surface area contributed by atoms with Crippen molar-refractivity contribution in [2.75, 3.05) is 0 Å². The van der Waals surface area contributed by atoms with Crippen LogP contribution in [0.2, 0.25) is 0 Å². The number of hydrogen-bond donors (Lipinski definition) is 3. The van der Waals surface area contributed by atoms with Crippen LogP contribution in [0.25, 0.3) is 21.9 Å². The van der Waals surface area contributed by atoms with Gasteiger partial charge in [0.2, 0.25) is 0 Å². The molecule has 0 aliphatic carbocycles. The Morgan fingerprint density at radius 2 is 1.76 bits per heavy atom. The van der Waals surface area contributed by atoms with E-state index in [1.54, 1.807) is 36.7 Å². The SMILES string of the molecule is O=C(O)CC[C@H](NC(=O)c1ccc(Cc2cc3nc4ncncc4cc3cn2)cc1)C(=O)O. The lowest BCUT2D eigenvalue weighted by molar-refractivity contribution is -0.140. The summed E-state index contributed by atoms with van der Waals surface area (Å²) in [5.74, 6) is -2.99. The Labute approximate surface area is 187 Å². The van der Waals surface area contributed by atoms with Crippen molar-refractivity contribution in [3.05, 3.63) is 71.9 Å². The summed E-state index contributed by atoms with van der Waals surface area (Å²) in [7, 11) is 0. The molecule has 3 N–H and O–H groups in total. The lowest BCUT2D eigenvalue weighted by Gasteiger charge is -2.13. The largest absolute Gasteiger partial charge is 0.481 e. The smallest absolute Gasteiger partial charge is 0.326 e. The fourth-order valence-electron chi connectivity index (χ4n) is 3.36. The fourth-order valence-corrected chi connectivity index (χ4v) is 3.36. The maximum absolute atomic E-state index is 12.4. The highest BCUT2D eigenvalue weighted by Gasteiger charge is 2.21. The van der Waals surface area contributed by atoms with Gasteiger partial charge in [-0.3, -0.25) is 14.6 Å². The standard InChI is InChI=1S/C23H19N5O5/c29-20(30)6-5-18(23(32)33)28-22(31)14-3-1-13(2-4-14)7-17-9-19-15(11-25-17)8-16-10-24-12-26-21(16)27-19/h1-4,8-12,18H,5-7H2,(H,28,31)(H,29,30)(H,32,33)/t18-/m0/s1. The van der Waals surface area contributed by atoms with Crippen molar-refractivity contribution in [1.29, 1.82) is 0 Å². The van der Waals surface area contributed by atoms with Crippen molar-refractivity contribution >= 4 is 39.8 Å². The second-order valence-electron chi connectivity index (χ2n) is 7.46. The summed E-state index contributed by atoms with van der Waals surface area (Å²) in [5.41, 5.74) is 3.35. The van der Waals surface area contributed by atoms with E-state index in [-0.39, 0.29) is 18.4 Å². The fraction of sp³-hybridized carbons (Fsp3) is 0.174. The van der Waals surface area contributed by atoms with Crippen LogP contribution >= 0.6 is 0 Å². The lowest BCUT2D eigenvalue weighted by Crippen LogP contribution is -2.41. The zero-order chi connectivity index (χ0) is 23.4. The zero-order valence-electron chi connectivity index (χ0n) is 17.3. The van der Waals surface area contributed by atoms with Crippen LogP contribution in [0.1, 0.15) is 34.5 Å². The van der Waals surface area contributed by atoms with Gasteiger partial charge in [0, 0.05) is 47.3 Å². The highest BCUT2D eigenvalue weighted by Crippen LogP contribution is 2.19. The number of aliphatic carboxylic acids is 2. The van der Waals surface area contributed by atoms with Gasteiger partial charge in [-0.05, 0) is 36.2 Å². The van der Waals surface area contributed by atoms with Gasteiger partial charge in [-0.15, -0.1) is 0 Å². The number of hydrogen-bond acceptors (Lipinski definition) is 7. The van der Waals surface area contributed by atoms with Crippen LogP contribution in [-0.2, 0) is 16.0 Å². The molecule has 33 heavy (non-hydrogen) atoms. The molecule has 0 bridgehead atoms. The number of carboxylic acids is 2. The molecule has 166 valence electrons. The third-order valence-electron chi connectivity index (χ3n) is 5.08. The summed E-state index contributed by atoms with van der Waals surface area (Å²) in [6.45, 7) is 0. The molecule has 0 saturated carbocycles. The maximum atomic E-state index is 12.4. The molecule has 10 heteroatoms. The summed E-state index contributed by atoms with van der Waals surface area (Å²) in [4.78, 5) is 51.5. The number of carbonyl (C=O) groups is 3. The molecule has 0 spiro atoms.